The average molecular weight is 256 g/mol. The van der Waals surface area contributed by atoms with Crippen molar-refractivity contribution < 1.29 is 9.90 Å². The van der Waals surface area contributed by atoms with Crippen LogP contribution in [0.1, 0.15) is 11.7 Å². The number of hydrogen-bond donors (Lipinski definition) is 1. The van der Waals surface area contributed by atoms with Crippen LogP contribution in [0.4, 0.5) is 0 Å². The van der Waals surface area contributed by atoms with Gasteiger partial charge in [-0.05, 0) is 6.92 Å². The molecule has 92 valence electrons. The van der Waals surface area contributed by atoms with Crippen LogP contribution >= 0.6 is 11.8 Å². The van der Waals surface area contributed by atoms with Crippen molar-refractivity contribution in [2.75, 3.05) is 11.5 Å². The number of rotatable bonds is 3. The topological polar surface area (TPSA) is 81.3 Å². The molecule has 6 nitrogen and oxygen atoms in total. The molecule has 1 aromatic rings. The number of aryl methyl sites for hydroxylation is 1. The summed E-state index contributed by atoms with van der Waals surface area (Å²) in [6.07, 6.45) is 0. The van der Waals surface area contributed by atoms with Gasteiger partial charge in [0.25, 0.3) is 5.56 Å². The van der Waals surface area contributed by atoms with E-state index in [0.29, 0.717) is 5.69 Å². The largest absolute Gasteiger partial charge is 0.480 e. The molecule has 1 fully saturated rings. The highest BCUT2D eigenvalue weighted by molar-refractivity contribution is 8.00. The lowest BCUT2D eigenvalue weighted by atomic mass is 10.3. The van der Waals surface area contributed by atoms with Crippen molar-refractivity contribution in [3.05, 3.63) is 32.6 Å². The van der Waals surface area contributed by atoms with Crippen LogP contribution < -0.4 is 11.2 Å². The SMILES string of the molecule is Cc1cc(=O)n(CC(=O)O)c(=O)n1C1CSC1. The van der Waals surface area contributed by atoms with E-state index in [2.05, 4.69) is 0 Å². The van der Waals surface area contributed by atoms with Crippen molar-refractivity contribution in [3.63, 3.8) is 0 Å². The van der Waals surface area contributed by atoms with E-state index in [1.54, 1.807) is 18.7 Å². The third-order valence-electron chi connectivity index (χ3n) is 2.69. The van der Waals surface area contributed by atoms with Crippen molar-refractivity contribution in [3.8, 4) is 0 Å². The molecule has 0 unspecified atom stereocenters. The number of aliphatic carboxylic acids is 1. The number of carbonyl (C=O) groups is 1. The fraction of sp³-hybridized carbons (Fsp3) is 0.500. The van der Waals surface area contributed by atoms with Gasteiger partial charge in [-0.25, -0.2) is 9.36 Å². The first-order chi connectivity index (χ1) is 8.00. The van der Waals surface area contributed by atoms with Gasteiger partial charge in [0.05, 0.1) is 6.04 Å². The van der Waals surface area contributed by atoms with Gasteiger partial charge < -0.3 is 5.11 Å². The molecular formula is C10H12N2O4S. The number of carboxylic acids is 1. The zero-order valence-corrected chi connectivity index (χ0v) is 10.1. The zero-order chi connectivity index (χ0) is 12.6. The van der Waals surface area contributed by atoms with Gasteiger partial charge in [0.15, 0.2) is 0 Å². The van der Waals surface area contributed by atoms with E-state index in [9.17, 15) is 14.4 Å². The number of aromatic nitrogens is 2. The van der Waals surface area contributed by atoms with Crippen molar-refractivity contribution in [1.29, 1.82) is 0 Å². The van der Waals surface area contributed by atoms with Crippen LogP contribution in [-0.4, -0.2) is 31.7 Å². The molecule has 1 N–H and O–H groups in total. The lowest BCUT2D eigenvalue weighted by Gasteiger charge is -2.28. The van der Waals surface area contributed by atoms with Crippen LogP contribution in [0.25, 0.3) is 0 Å². The molecule has 0 saturated carbocycles. The predicted octanol–water partition coefficient (Wildman–Crippen LogP) is -0.309. The maximum absolute atomic E-state index is 12.0. The van der Waals surface area contributed by atoms with Gasteiger partial charge in [-0.3, -0.25) is 14.2 Å². The van der Waals surface area contributed by atoms with Crippen LogP contribution in [-0.2, 0) is 11.3 Å². The van der Waals surface area contributed by atoms with E-state index in [0.717, 1.165) is 16.1 Å². The van der Waals surface area contributed by atoms with E-state index in [4.69, 9.17) is 5.11 Å². The highest BCUT2D eigenvalue weighted by Gasteiger charge is 2.24. The smallest absolute Gasteiger partial charge is 0.332 e. The minimum absolute atomic E-state index is 0.0770. The molecule has 17 heavy (non-hydrogen) atoms. The highest BCUT2D eigenvalue weighted by Crippen LogP contribution is 2.28. The van der Waals surface area contributed by atoms with Crippen LogP contribution in [0.2, 0.25) is 0 Å². The number of thioether (sulfide) groups is 1. The minimum atomic E-state index is -1.19. The van der Waals surface area contributed by atoms with Gasteiger partial charge in [0.1, 0.15) is 6.54 Å². The van der Waals surface area contributed by atoms with Crippen molar-refractivity contribution >= 4 is 17.7 Å². The second-order valence-electron chi connectivity index (χ2n) is 3.95. The molecule has 0 radical (unpaired) electrons. The molecular weight excluding hydrogens is 244 g/mol. The van der Waals surface area contributed by atoms with Gasteiger partial charge >= 0.3 is 11.7 Å². The lowest BCUT2D eigenvalue weighted by molar-refractivity contribution is -0.137. The van der Waals surface area contributed by atoms with Crippen molar-refractivity contribution in [2.45, 2.75) is 19.5 Å². The Kier molecular flexibility index (Phi) is 3.10. The monoisotopic (exact) mass is 256 g/mol. The summed E-state index contributed by atoms with van der Waals surface area (Å²) in [7, 11) is 0. The molecule has 0 bridgehead atoms. The summed E-state index contributed by atoms with van der Waals surface area (Å²) in [4.78, 5) is 34.2. The Hall–Kier alpha value is -1.50. The molecule has 2 rings (SSSR count). The molecule has 0 aliphatic carbocycles. The third-order valence-corrected chi connectivity index (χ3v) is 3.94. The Balaban J connectivity index is 2.56. The summed E-state index contributed by atoms with van der Waals surface area (Å²) < 4.78 is 2.28. The molecule has 1 saturated heterocycles. The number of hydrogen-bond acceptors (Lipinski definition) is 4. The molecule has 0 amide bonds. The van der Waals surface area contributed by atoms with Gasteiger partial charge in [-0.2, -0.15) is 11.8 Å². The predicted molar refractivity (Wildman–Crippen MR) is 63.7 cm³/mol. The summed E-state index contributed by atoms with van der Waals surface area (Å²) in [6, 6.07) is 1.39. The summed E-state index contributed by atoms with van der Waals surface area (Å²) in [6.45, 7) is 1.11. The van der Waals surface area contributed by atoms with Gasteiger partial charge in [-0.15, -0.1) is 0 Å². The summed E-state index contributed by atoms with van der Waals surface area (Å²) >= 11 is 1.72. The highest BCUT2D eigenvalue weighted by atomic mass is 32.2. The molecule has 7 heteroatoms. The lowest BCUT2D eigenvalue weighted by Crippen LogP contribution is -2.45. The van der Waals surface area contributed by atoms with Gasteiger partial charge in [0.2, 0.25) is 0 Å². The van der Waals surface area contributed by atoms with Crippen LogP contribution in [0.15, 0.2) is 15.7 Å². The second-order valence-corrected chi connectivity index (χ2v) is 5.02. The summed E-state index contributed by atoms with van der Waals surface area (Å²) in [5, 5.41) is 8.67. The third kappa shape index (κ3) is 2.14. The van der Waals surface area contributed by atoms with Gasteiger partial charge in [-0.1, -0.05) is 0 Å². The standard InChI is InChI=1S/C10H12N2O4S/c1-6-2-8(13)11(3-9(14)15)10(16)12(6)7-4-17-5-7/h2,7H,3-5H2,1H3,(H,14,15). The zero-order valence-electron chi connectivity index (χ0n) is 9.25. The van der Waals surface area contributed by atoms with E-state index in [1.165, 1.54) is 10.6 Å². The number of carboxylic acid groups (broad SMARTS) is 1. The normalized spacial score (nSPS) is 15.6. The second kappa shape index (κ2) is 4.40. The van der Waals surface area contributed by atoms with Crippen molar-refractivity contribution in [1.82, 2.24) is 9.13 Å². The van der Waals surface area contributed by atoms with Crippen molar-refractivity contribution in [2.24, 2.45) is 0 Å². The quantitative estimate of drug-likeness (QED) is 0.802. The summed E-state index contributed by atoms with van der Waals surface area (Å²) in [5.74, 6) is 0.459. The maximum Gasteiger partial charge on any atom is 0.332 e. The van der Waals surface area contributed by atoms with E-state index in [-0.39, 0.29) is 6.04 Å². The molecule has 0 atom stereocenters. The Morgan fingerprint density at radius 3 is 2.65 bits per heavy atom. The molecule has 1 aromatic heterocycles. The molecule has 2 heterocycles. The van der Waals surface area contributed by atoms with E-state index >= 15 is 0 Å². The Morgan fingerprint density at radius 1 is 1.53 bits per heavy atom. The first-order valence-electron chi connectivity index (χ1n) is 5.13. The first-order valence-corrected chi connectivity index (χ1v) is 6.28. The first kappa shape index (κ1) is 12.0. The van der Waals surface area contributed by atoms with Crippen LogP contribution in [0.5, 0.6) is 0 Å². The van der Waals surface area contributed by atoms with Crippen LogP contribution in [0.3, 0.4) is 0 Å². The minimum Gasteiger partial charge on any atom is -0.480 e. The van der Waals surface area contributed by atoms with Crippen LogP contribution in [0, 0.1) is 6.92 Å². The molecule has 1 aliphatic rings. The molecule has 0 spiro atoms. The summed E-state index contributed by atoms with van der Waals surface area (Å²) in [5.41, 5.74) is -0.493. The number of nitrogens with zero attached hydrogens (tertiary/aromatic N) is 2. The molecule has 1 aliphatic heterocycles. The van der Waals surface area contributed by atoms with Gasteiger partial charge in [0, 0.05) is 23.3 Å². The average Bonchev–Trinajstić information content (AvgIpc) is 2.15. The molecule has 0 aromatic carbocycles. The van der Waals surface area contributed by atoms with E-state index < -0.39 is 23.8 Å². The Bertz CT molecular complexity index is 571. The fourth-order valence-corrected chi connectivity index (χ4v) is 2.54. The maximum atomic E-state index is 12.0. The Morgan fingerprint density at radius 2 is 2.18 bits per heavy atom. The Labute approximate surface area is 101 Å². The van der Waals surface area contributed by atoms with E-state index in [1.807, 2.05) is 0 Å². The fourth-order valence-electron chi connectivity index (χ4n) is 1.80.